The average Bonchev–Trinajstić information content (AvgIpc) is 3.28. The third-order valence-corrected chi connectivity index (χ3v) is 5.70. The largest absolute Gasteiger partial charge is 0.489 e. The van der Waals surface area contributed by atoms with Crippen molar-refractivity contribution in [2.45, 2.75) is 24.0 Å². The normalized spacial score (nSPS) is 11.7. The summed E-state index contributed by atoms with van der Waals surface area (Å²) in [5.41, 5.74) is 2.54. The molecule has 0 saturated carbocycles. The summed E-state index contributed by atoms with van der Waals surface area (Å²) < 4.78 is 11.4. The van der Waals surface area contributed by atoms with Gasteiger partial charge in [0.25, 0.3) is 5.22 Å². The Balaban J connectivity index is 1.29. The minimum Gasteiger partial charge on any atom is -0.489 e. The highest BCUT2D eigenvalue weighted by molar-refractivity contribution is 8.00. The third-order valence-electron chi connectivity index (χ3n) is 4.51. The molecule has 0 radical (unpaired) electrons. The van der Waals surface area contributed by atoms with Gasteiger partial charge < -0.3 is 14.5 Å². The van der Waals surface area contributed by atoms with E-state index in [0.717, 1.165) is 16.9 Å². The first kappa shape index (κ1) is 21.9. The molecule has 0 aliphatic carbocycles. The van der Waals surface area contributed by atoms with Gasteiger partial charge in [0.05, 0.1) is 5.25 Å². The number of rotatable bonds is 8. The van der Waals surface area contributed by atoms with Crippen molar-refractivity contribution >= 4 is 35.0 Å². The fraction of sp³-hybridized carbons (Fsp3) is 0.125. The number of aromatic nitrogens is 2. The number of ether oxygens (including phenoxy) is 1. The molecule has 1 heterocycles. The van der Waals surface area contributed by atoms with E-state index in [2.05, 4.69) is 15.5 Å². The van der Waals surface area contributed by atoms with Gasteiger partial charge in [-0.15, -0.1) is 10.2 Å². The van der Waals surface area contributed by atoms with Crippen LogP contribution in [0.1, 0.15) is 12.5 Å². The van der Waals surface area contributed by atoms with Gasteiger partial charge in [0.2, 0.25) is 11.8 Å². The average molecular weight is 466 g/mol. The van der Waals surface area contributed by atoms with Gasteiger partial charge in [0.15, 0.2) is 0 Å². The summed E-state index contributed by atoms with van der Waals surface area (Å²) in [6.07, 6.45) is 0. The molecule has 1 N–H and O–H groups in total. The number of carbonyl (C=O) groups excluding carboxylic acids is 1. The standard InChI is InChI=1S/C24H20ClN3O3S/c1-16(32-24-28-27-23(31-24)18-7-9-19(25)10-8-18)22(29)26-20-11-13-21(14-12-20)30-15-17-5-3-2-4-6-17/h2-14,16H,15H2,1H3,(H,26,29)/t16-/m0/s1. The van der Waals surface area contributed by atoms with Crippen molar-refractivity contribution < 1.29 is 13.9 Å². The highest BCUT2D eigenvalue weighted by atomic mass is 35.5. The zero-order valence-electron chi connectivity index (χ0n) is 17.2. The first-order valence-corrected chi connectivity index (χ1v) is 11.2. The van der Waals surface area contributed by atoms with E-state index >= 15 is 0 Å². The first-order chi connectivity index (χ1) is 15.6. The van der Waals surface area contributed by atoms with E-state index in [1.54, 1.807) is 43.3 Å². The summed E-state index contributed by atoms with van der Waals surface area (Å²) in [6, 6.07) is 24.3. The molecular formula is C24H20ClN3O3S. The number of halogens is 1. The van der Waals surface area contributed by atoms with Crippen LogP contribution in [0.15, 0.2) is 88.5 Å². The highest BCUT2D eigenvalue weighted by Gasteiger charge is 2.19. The van der Waals surface area contributed by atoms with Gasteiger partial charge in [0, 0.05) is 16.3 Å². The van der Waals surface area contributed by atoms with Gasteiger partial charge in [-0.25, -0.2) is 0 Å². The summed E-state index contributed by atoms with van der Waals surface area (Å²) in [7, 11) is 0. The molecule has 0 saturated heterocycles. The molecule has 4 rings (SSSR count). The molecule has 0 bridgehead atoms. The molecule has 1 atom stereocenters. The van der Waals surface area contributed by atoms with Gasteiger partial charge in [-0.1, -0.05) is 53.7 Å². The minimum absolute atomic E-state index is 0.167. The molecule has 6 nitrogen and oxygen atoms in total. The molecule has 0 aliphatic rings. The number of thioether (sulfide) groups is 1. The Bertz CT molecular complexity index is 1170. The van der Waals surface area contributed by atoms with Crippen molar-refractivity contribution in [3.63, 3.8) is 0 Å². The van der Waals surface area contributed by atoms with Crippen molar-refractivity contribution in [1.82, 2.24) is 10.2 Å². The van der Waals surface area contributed by atoms with Gasteiger partial charge in [-0.3, -0.25) is 4.79 Å². The molecule has 0 aliphatic heterocycles. The third kappa shape index (κ3) is 5.90. The van der Waals surface area contributed by atoms with Crippen molar-refractivity contribution in [1.29, 1.82) is 0 Å². The predicted octanol–water partition coefficient (Wildman–Crippen LogP) is 6.09. The number of nitrogens with one attached hydrogen (secondary N) is 1. The van der Waals surface area contributed by atoms with Crippen LogP contribution in [0, 0.1) is 0 Å². The number of benzene rings is 3. The molecule has 8 heteroatoms. The molecule has 1 aromatic heterocycles. The van der Waals surface area contributed by atoms with Crippen LogP contribution >= 0.6 is 23.4 Å². The second-order valence-electron chi connectivity index (χ2n) is 6.93. The summed E-state index contributed by atoms with van der Waals surface area (Å²) in [4.78, 5) is 12.6. The Labute approximate surface area is 195 Å². The number of amides is 1. The van der Waals surface area contributed by atoms with Gasteiger partial charge in [-0.2, -0.15) is 0 Å². The fourth-order valence-corrected chi connectivity index (χ4v) is 3.60. The summed E-state index contributed by atoms with van der Waals surface area (Å²) >= 11 is 7.10. The zero-order valence-corrected chi connectivity index (χ0v) is 18.8. The lowest BCUT2D eigenvalue weighted by Crippen LogP contribution is -2.22. The predicted molar refractivity (Wildman–Crippen MR) is 126 cm³/mol. The Kier molecular flexibility index (Phi) is 7.09. The topological polar surface area (TPSA) is 77.2 Å². The van der Waals surface area contributed by atoms with E-state index in [4.69, 9.17) is 20.8 Å². The Morgan fingerprint density at radius 3 is 2.47 bits per heavy atom. The maximum absolute atomic E-state index is 12.6. The van der Waals surface area contributed by atoms with Gasteiger partial charge >= 0.3 is 0 Å². The number of hydrogen-bond acceptors (Lipinski definition) is 6. The maximum atomic E-state index is 12.6. The van der Waals surface area contributed by atoms with E-state index in [9.17, 15) is 4.79 Å². The van der Waals surface area contributed by atoms with E-state index in [1.807, 2.05) is 42.5 Å². The van der Waals surface area contributed by atoms with Crippen molar-refractivity contribution in [3.8, 4) is 17.2 Å². The highest BCUT2D eigenvalue weighted by Crippen LogP contribution is 2.27. The monoisotopic (exact) mass is 465 g/mol. The quantitative estimate of drug-likeness (QED) is 0.317. The molecule has 0 fully saturated rings. The lowest BCUT2D eigenvalue weighted by molar-refractivity contribution is -0.115. The molecule has 0 unspecified atom stereocenters. The minimum atomic E-state index is -0.428. The second kappa shape index (κ2) is 10.3. The first-order valence-electron chi connectivity index (χ1n) is 9.90. The van der Waals surface area contributed by atoms with Crippen LogP contribution < -0.4 is 10.1 Å². The SMILES string of the molecule is C[C@H](Sc1nnc(-c2ccc(Cl)cc2)o1)C(=O)Nc1ccc(OCc2ccccc2)cc1. The molecule has 162 valence electrons. The van der Waals surface area contributed by atoms with Crippen LogP contribution in [0.25, 0.3) is 11.5 Å². The Hall–Kier alpha value is -3.29. The van der Waals surface area contributed by atoms with E-state index in [-0.39, 0.29) is 5.91 Å². The van der Waals surface area contributed by atoms with Crippen LogP contribution in [0.3, 0.4) is 0 Å². The Morgan fingerprint density at radius 2 is 1.75 bits per heavy atom. The summed E-state index contributed by atoms with van der Waals surface area (Å²) in [5.74, 6) is 0.942. The summed E-state index contributed by atoms with van der Waals surface area (Å²) in [5, 5.41) is 11.5. The van der Waals surface area contributed by atoms with Crippen LogP contribution in [-0.2, 0) is 11.4 Å². The van der Waals surface area contributed by atoms with E-state index in [1.165, 1.54) is 11.8 Å². The van der Waals surface area contributed by atoms with E-state index in [0.29, 0.717) is 28.4 Å². The molecule has 3 aromatic carbocycles. The molecular weight excluding hydrogens is 446 g/mol. The molecule has 0 spiro atoms. The van der Waals surface area contributed by atoms with Crippen LogP contribution in [0.2, 0.25) is 5.02 Å². The lowest BCUT2D eigenvalue weighted by atomic mass is 10.2. The van der Waals surface area contributed by atoms with Crippen molar-refractivity contribution in [2.24, 2.45) is 0 Å². The molecule has 1 amide bonds. The van der Waals surface area contributed by atoms with Gasteiger partial charge in [0.1, 0.15) is 12.4 Å². The second-order valence-corrected chi connectivity index (χ2v) is 8.66. The van der Waals surface area contributed by atoms with Gasteiger partial charge in [-0.05, 0) is 61.0 Å². The van der Waals surface area contributed by atoms with Crippen molar-refractivity contribution in [3.05, 3.63) is 89.4 Å². The van der Waals surface area contributed by atoms with E-state index < -0.39 is 5.25 Å². The van der Waals surface area contributed by atoms with Crippen molar-refractivity contribution in [2.75, 3.05) is 5.32 Å². The fourth-order valence-electron chi connectivity index (χ4n) is 2.79. The molecule has 32 heavy (non-hydrogen) atoms. The zero-order chi connectivity index (χ0) is 22.3. The van der Waals surface area contributed by atoms with Crippen LogP contribution in [0.4, 0.5) is 5.69 Å². The van der Waals surface area contributed by atoms with Crippen LogP contribution in [-0.4, -0.2) is 21.4 Å². The summed E-state index contributed by atoms with van der Waals surface area (Å²) in [6.45, 7) is 2.27. The Morgan fingerprint density at radius 1 is 1.03 bits per heavy atom. The maximum Gasteiger partial charge on any atom is 0.277 e. The number of carbonyl (C=O) groups is 1. The number of anilines is 1. The van der Waals surface area contributed by atoms with Crippen LogP contribution in [0.5, 0.6) is 5.75 Å². The lowest BCUT2D eigenvalue weighted by Gasteiger charge is -2.11. The number of hydrogen-bond donors (Lipinski definition) is 1. The smallest absolute Gasteiger partial charge is 0.277 e. The number of nitrogens with zero attached hydrogens (tertiary/aromatic N) is 2. The molecule has 4 aromatic rings.